The molecule has 1 aliphatic heterocycles. The number of halogens is 1. The zero-order valence-corrected chi connectivity index (χ0v) is 16.3. The zero-order valence-electron chi connectivity index (χ0n) is 16.3. The normalized spacial score (nSPS) is 13.6. The number of nitrogens with zero attached hydrogens (tertiary/aromatic N) is 5. The van der Waals surface area contributed by atoms with Crippen molar-refractivity contribution in [2.24, 2.45) is 0 Å². The van der Waals surface area contributed by atoms with E-state index in [4.69, 9.17) is 4.74 Å². The van der Waals surface area contributed by atoms with Gasteiger partial charge in [0.15, 0.2) is 0 Å². The fraction of sp³-hybridized carbons (Fsp3) is 0.136. The Balaban J connectivity index is 1.47. The Labute approximate surface area is 176 Å². The van der Waals surface area contributed by atoms with E-state index in [1.165, 1.54) is 18.3 Å². The molecule has 1 saturated heterocycles. The number of aromatic nitrogens is 5. The van der Waals surface area contributed by atoms with E-state index in [0.717, 1.165) is 0 Å². The minimum Gasteiger partial charge on any atom is -0.377 e. The number of hydrogen-bond acceptors (Lipinski definition) is 6. The summed E-state index contributed by atoms with van der Waals surface area (Å²) in [7, 11) is 0. The van der Waals surface area contributed by atoms with Crippen molar-refractivity contribution < 1.29 is 13.9 Å². The smallest absolute Gasteiger partial charge is 0.274 e. The summed E-state index contributed by atoms with van der Waals surface area (Å²) in [4.78, 5) is 25.5. The molecule has 9 heteroatoms. The van der Waals surface area contributed by atoms with Gasteiger partial charge in [-0.25, -0.2) is 9.37 Å². The fourth-order valence-electron chi connectivity index (χ4n) is 3.20. The van der Waals surface area contributed by atoms with E-state index in [-0.39, 0.29) is 17.4 Å². The molecule has 8 nitrogen and oxygen atoms in total. The van der Waals surface area contributed by atoms with Gasteiger partial charge >= 0.3 is 0 Å². The summed E-state index contributed by atoms with van der Waals surface area (Å²) in [5.41, 5.74) is 2.28. The second kappa shape index (κ2) is 8.04. The highest BCUT2D eigenvalue weighted by Crippen LogP contribution is 2.29. The van der Waals surface area contributed by atoms with Crippen LogP contribution in [0, 0.1) is 5.82 Å². The molecule has 0 bridgehead atoms. The molecule has 4 aromatic heterocycles. The van der Waals surface area contributed by atoms with Gasteiger partial charge in [-0.1, -0.05) is 6.07 Å². The highest BCUT2D eigenvalue weighted by Gasteiger charge is 2.25. The van der Waals surface area contributed by atoms with Gasteiger partial charge < -0.3 is 10.1 Å². The Bertz CT molecular complexity index is 1230. The molecule has 1 fully saturated rings. The highest BCUT2D eigenvalue weighted by atomic mass is 19.1. The second-order valence-electron chi connectivity index (χ2n) is 7.00. The summed E-state index contributed by atoms with van der Waals surface area (Å²) in [6.07, 6.45) is 6.49. The number of amides is 1. The number of rotatable bonds is 5. The highest BCUT2D eigenvalue weighted by molar-refractivity contribution is 6.04. The molecular formula is C22H17FN6O2. The van der Waals surface area contributed by atoms with Crippen LogP contribution in [-0.4, -0.2) is 43.9 Å². The van der Waals surface area contributed by atoms with Crippen LogP contribution in [0.2, 0.25) is 0 Å². The first-order valence-electron chi connectivity index (χ1n) is 9.65. The molecule has 31 heavy (non-hydrogen) atoms. The Morgan fingerprint density at radius 3 is 2.71 bits per heavy atom. The number of anilines is 1. The average Bonchev–Trinajstić information content (AvgIpc) is 3.17. The van der Waals surface area contributed by atoms with Crippen molar-refractivity contribution in [1.82, 2.24) is 24.7 Å². The van der Waals surface area contributed by atoms with Crippen LogP contribution in [-0.2, 0) is 4.74 Å². The zero-order chi connectivity index (χ0) is 21.2. The van der Waals surface area contributed by atoms with Gasteiger partial charge in [0.2, 0.25) is 0 Å². The van der Waals surface area contributed by atoms with E-state index in [9.17, 15) is 9.18 Å². The Morgan fingerprint density at radius 2 is 2.00 bits per heavy atom. The standard InChI is InChI=1S/C22H17FN6O2/c23-16-6-7-18(26-20(16)14-4-3-8-24-10-14)22(30)27-19-11-29(15-12-31-13-15)28-21(19)17-5-1-2-9-25-17/h1-11,15H,12-13H2,(H,27,30). The molecule has 1 amide bonds. The third kappa shape index (κ3) is 3.78. The maximum Gasteiger partial charge on any atom is 0.274 e. The van der Waals surface area contributed by atoms with Crippen LogP contribution in [0.5, 0.6) is 0 Å². The molecule has 0 aromatic carbocycles. The number of ether oxygens (including phenoxy) is 1. The van der Waals surface area contributed by atoms with Crippen molar-refractivity contribution in [1.29, 1.82) is 0 Å². The van der Waals surface area contributed by atoms with Crippen LogP contribution in [0.1, 0.15) is 16.5 Å². The van der Waals surface area contributed by atoms with Gasteiger partial charge in [-0.2, -0.15) is 5.10 Å². The van der Waals surface area contributed by atoms with E-state index in [0.29, 0.717) is 35.9 Å². The maximum absolute atomic E-state index is 14.3. The average molecular weight is 416 g/mol. The Hall–Kier alpha value is -3.98. The molecule has 0 atom stereocenters. The first-order valence-corrected chi connectivity index (χ1v) is 9.65. The van der Waals surface area contributed by atoms with Crippen LogP contribution >= 0.6 is 0 Å². The summed E-state index contributed by atoms with van der Waals surface area (Å²) in [6.45, 7) is 1.12. The largest absolute Gasteiger partial charge is 0.377 e. The predicted octanol–water partition coefficient (Wildman–Crippen LogP) is 3.36. The van der Waals surface area contributed by atoms with Crippen molar-refractivity contribution in [3.8, 4) is 22.6 Å². The predicted molar refractivity (Wildman–Crippen MR) is 111 cm³/mol. The van der Waals surface area contributed by atoms with Crippen LogP contribution in [0.3, 0.4) is 0 Å². The van der Waals surface area contributed by atoms with Gasteiger partial charge in [0.1, 0.15) is 22.9 Å². The minimum absolute atomic E-state index is 0.0630. The third-order valence-corrected chi connectivity index (χ3v) is 4.90. The molecule has 0 saturated carbocycles. The van der Waals surface area contributed by atoms with Crippen molar-refractivity contribution in [3.63, 3.8) is 0 Å². The first-order chi connectivity index (χ1) is 15.2. The van der Waals surface area contributed by atoms with Gasteiger partial charge in [0.25, 0.3) is 5.91 Å². The van der Waals surface area contributed by atoms with Crippen molar-refractivity contribution in [3.05, 3.63) is 78.8 Å². The number of hydrogen-bond donors (Lipinski definition) is 1. The number of carbonyl (C=O) groups excluding carboxylic acids is 1. The van der Waals surface area contributed by atoms with E-state index < -0.39 is 11.7 Å². The van der Waals surface area contributed by atoms with E-state index in [1.807, 2.05) is 12.1 Å². The first kappa shape index (κ1) is 19.0. The monoisotopic (exact) mass is 416 g/mol. The van der Waals surface area contributed by atoms with Gasteiger partial charge in [-0.05, 0) is 36.4 Å². The lowest BCUT2D eigenvalue weighted by Crippen LogP contribution is -2.30. The molecule has 1 N–H and O–H groups in total. The third-order valence-electron chi connectivity index (χ3n) is 4.90. The van der Waals surface area contributed by atoms with Crippen LogP contribution < -0.4 is 5.32 Å². The van der Waals surface area contributed by atoms with Gasteiger partial charge in [-0.15, -0.1) is 0 Å². The van der Waals surface area contributed by atoms with Crippen molar-refractivity contribution >= 4 is 11.6 Å². The summed E-state index contributed by atoms with van der Waals surface area (Å²) in [5, 5.41) is 7.44. The molecule has 0 radical (unpaired) electrons. The molecule has 0 spiro atoms. The summed E-state index contributed by atoms with van der Waals surface area (Å²) in [6, 6.07) is 11.5. The van der Waals surface area contributed by atoms with E-state index in [2.05, 4.69) is 25.4 Å². The topological polar surface area (TPSA) is 94.8 Å². The molecule has 5 rings (SSSR count). The van der Waals surface area contributed by atoms with Crippen LogP contribution in [0.15, 0.2) is 67.3 Å². The Kier molecular flexibility index (Phi) is 4.93. The van der Waals surface area contributed by atoms with Crippen LogP contribution in [0.4, 0.5) is 10.1 Å². The number of nitrogens with one attached hydrogen (secondary N) is 1. The van der Waals surface area contributed by atoms with Gasteiger partial charge in [0, 0.05) is 30.4 Å². The van der Waals surface area contributed by atoms with E-state index in [1.54, 1.807) is 41.5 Å². The van der Waals surface area contributed by atoms with Crippen molar-refractivity contribution in [2.75, 3.05) is 18.5 Å². The SMILES string of the molecule is O=C(Nc1cn(C2COC2)nc1-c1ccccn1)c1ccc(F)c(-c2cccnc2)n1. The lowest BCUT2D eigenvalue weighted by molar-refractivity contribution is -0.0285. The molecule has 4 aromatic rings. The molecule has 0 aliphatic carbocycles. The van der Waals surface area contributed by atoms with E-state index >= 15 is 0 Å². The van der Waals surface area contributed by atoms with Gasteiger partial charge in [0.05, 0.1) is 30.6 Å². The van der Waals surface area contributed by atoms with Crippen LogP contribution in [0.25, 0.3) is 22.6 Å². The summed E-state index contributed by atoms with van der Waals surface area (Å²) >= 11 is 0. The summed E-state index contributed by atoms with van der Waals surface area (Å²) < 4.78 is 21.3. The molecule has 0 unspecified atom stereocenters. The maximum atomic E-state index is 14.3. The lowest BCUT2D eigenvalue weighted by Gasteiger charge is -2.25. The quantitative estimate of drug-likeness (QED) is 0.536. The van der Waals surface area contributed by atoms with Crippen molar-refractivity contribution in [2.45, 2.75) is 6.04 Å². The lowest BCUT2D eigenvalue weighted by atomic mass is 10.1. The molecule has 154 valence electrons. The second-order valence-corrected chi connectivity index (χ2v) is 7.00. The molecule has 1 aliphatic rings. The van der Waals surface area contributed by atoms with Gasteiger partial charge in [-0.3, -0.25) is 19.4 Å². The Morgan fingerprint density at radius 1 is 1.10 bits per heavy atom. The molecule has 5 heterocycles. The number of pyridine rings is 3. The molecular weight excluding hydrogens is 399 g/mol. The summed E-state index contributed by atoms with van der Waals surface area (Å²) in [5.74, 6) is -1.01. The fourth-order valence-corrected chi connectivity index (χ4v) is 3.20. The number of carbonyl (C=O) groups is 1. The minimum atomic E-state index is -0.531.